The van der Waals surface area contributed by atoms with Crippen LogP contribution in [-0.2, 0) is 0 Å². The van der Waals surface area contributed by atoms with Crippen LogP contribution in [0.3, 0.4) is 0 Å². The average molecular weight is 283 g/mol. The molecular formula is C14H17N7. The quantitative estimate of drug-likeness (QED) is 0.681. The maximum absolute atomic E-state index is 4.45. The van der Waals surface area contributed by atoms with Gasteiger partial charge in [0, 0.05) is 32.5 Å². The number of nitrogens with zero attached hydrogens (tertiary/aromatic N) is 4. The number of nitrogens with one attached hydrogen (secondary N) is 3. The first kappa shape index (κ1) is 13.2. The van der Waals surface area contributed by atoms with Gasteiger partial charge in [-0.3, -0.25) is 5.10 Å². The lowest BCUT2D eigenvalue weighted by Crippen LogP contribution is -2.08. The van der Waals surface area contributed by atoms with Gasteiger partial charge in [-0.1, -0.05) is 6.07 Å². The van der Waals surface area contributed by atoms with Gasteiger partial charge in [-0.2, -0.15) is 15.1 Å². The van der Waals surface area contributed by atoms with Crippen LogP contribution in [0.15, 0.2) is 30.5 Å². The van der Waals surface area contributed by atoms with Gasteiger partial charge in [-0.15, -0.1) is 0 Å². The van der Waals surface area contributed by atoms with E-state index in [-0.39, 0.29) is 0 Å². The SMILES string of the molecule is CNc1nc(Nc2cccc(N(C)C)c2)c2cn[nH]c2n1. The molecule has 0 bridgehead atoms. The molecule has 3 aromatic rings. The smallest absolute Gasteiger partial charge is 0.226 e. The molecule has 0 spiro atoms. The predicted molar refractivity (Wildman–Crippen MR) is 85.3 cm³/mol. The van der Waals surface area contributed by atoms with Crippen molar-refractivity contribution in [2.45, 2.75) is 0 Å². The number of anilines is 4. The topological polar surface area (TPSA) is 81.8 Å². The lowest BCUT2D eigenvalue weighted by molar-refractivity contribution is 1.09. The van der Waals surface area contributed by atoms with Crippen LogP contribution in [-0.4, -0.2) is 41.3 Å². The number of hydrogen-bond donors (Lipinski definition) is 3. The molecule has 1 aromatic carbocycles. The summed E-state index contributed by atoms with van der Waals surface area (Å²) < 4.78 is 0. The molecule has 0 aliphatic carbocycles. The average Bonchev–Trinajstić information content (AvgIpc) is 2.96. The number of benzene rings is 1. The van der Waals surface area contributed by atoms with E-state index in [1.807, 2.05) is 26.2 Å². The Labute approximate surface area is 122 Å². The van der Waals surface area contributed by atoms with Crippen molar-refractivity contribution in [2.75, 3.05) is 36.7 Å². The molecule has 0 aliphatic heterocycles. The third-order valence-corrected chi connectivity index (χ3v) is 3.16. The molecule has 0 unspecified atom stereocenters. The van der Waals surface area contributed by atoms with Crippen LogP contribution in [0, 0.1) is 0 Å². The first-order chi connectivity index (χ1) is 10.2. The highest BCUT2D eigenvalue weighted by Crippen LogP contribution is 2.25. The second-order valence-electron chi connectivity index (χ2n) is 4.85. The lowest BCUT2D eigenvalue weighted by atomic mass is 10.2. The zero-order chi connectivity index (χ0) is 14.8. The van der Waals surface area contributed by atoms with Crippen LogP contribution in [0.2, 0.25) is 0 Å². The number of aromatic amines is 1. The standard InChI is InChI=1S/C14H17N7/c1-15-14-18-12(11-8-16-20-13(11)19-14)17-9-5-4-6-10(7-9)21(2)3/h4-8H,1-3H3,(H3,15,16,17,18,19,20). The molecule has 0 amide bonds. The highest BCUT2D eigenvalue weighted by Gasteiger charge is 2.09. The molecule has 108 valence electrons. The molecule has 0 saturated heterocycles. The number of H-pyrrole nitrogens is 1. The van der Waals surface area contributed by atoms with Gasteiger partial charge in [-0.25, -0.2) is 0 Å². The summed E-state index contributed by atoms with van der Waals surface area (Å²) in [7, 11) is 5.81. The highest BCUT2D eigenvalue weighted by molar-refractivity contribution is 5.89. The molecule has 7 nitrogen and oxygen atoms in total. The van der Waals surface area contributed by atoms with E-state index in [0.29, 0.717) is 17.4 Å². The molecule has 0 atom stereocenters. The fourth-order valence-corrected chi connectivity index (χ4v) is 2.04. The van der Waals surface area contributed by atoms with Crippen molar-refractivity contribution >= 4 is 34.2 Å². The van der Waals surface area contributed by atoms with E-state index in [2.05, 4.69) is 47.8 Å². The van der Waals surface area contributed by atoms with E-state index >= 15 is 0 Å². The number of hydrogen-bond acceptors (Lipinski definition) is 6. The largest absolute Gasteiger partial charge is 0.378 e. The monoisotopic (exact) mass is 283 g/mol. The Morgan fingerprint density at radius 3 is 2.81 bits per heavy atom. The van der Waals surface area contributed by atoms with E-state index in [1.54, 1.807) is 13.2 Å². The molecule has 21 heavy (non-hydrogen) atoms. The predicted octanol–water partition coefficient (Wildman–Crippen LogP) is 2.20. The summed E-state index contributed by atoms with van der Waals surface area (Å²) in [4.78, 5) is 10.8. The summed E-state index contributed by atoms with van der Waals surface area (Å²) in [5.74, 6) is 1.26. The molecule has 0 aliphatic rings. The summed E-state index contributed by atoms with van der Waals surface area (Å²) >= 11 is 0. The van der Waals surface area contributed by atoms with Crippen molar-refractivity contribution in [1.29, 1.82) is 0 Å². The van der Waals surface area contributed by atoms with Gasteiger partial charge in [0.25, 0.3) is 0 Å². The Morgan fingerprint density at radius 1 is 1.19 bits per heavy atom. The molecule has 3 rings (SSSR count). The maximum Gasteiger partial charge on any atom is 0.226 e. The minimum Gasteiger partial charge on any atom is -0.378 e. The molecular weight excluding hydrogens is 266 g/mol. The van der Waals surface area contributed by atoms with Crippen molar-refractivity contribution in [3.63, 3.8) is 0 Å². The summed E-state index contributed by atoms with van der Waals surface area (Å²) in [5, 5.41) is 14.0. The van der Waals surface area contributed by atoms with Gasteiger partial charge in [0.05, 0.1) is 11.6 Å². The zero-order valence-corrected chi connectivity index (χ0v) is 12.2. The molecule has 0 fully saturated rings. The summed E-state index contributed by atoms with van der Waals surface area (Å²) in [5.41, 5.74) is 2.77. The molecule has 2 heterocycles. The Balaban J connectivity index is 2.01. The van der Waals surface area contributed by atoms with E-state index in [9.17, 15) is 0 Å². The lowest BCUT2D eigenvalue weighted by Gasteiger charge is -2.14. The van der Waals surface area contributed by atoms with Gasteiger partial charge in [0.1, 0.15) is 5.82 Å². The summed E-state index contributed by atoms with van der Waals surface area (Å²) in [6.07, 6.45) is 1.72. The molecule has 2 aromatic heterocycles. The second-order valence-corrected chi connectivity index (χ2v) is 4.85. The van der Waals surface area contributed by atoms with Gasteiger partial charge in [-0.05, 0) is 18.2 Å². The third kappa shape index (κ3) is 2.58. The second kappa shape index (κ2) is 5.28. The van der Waals surface area contributed by atoms with Gasteiger partial charge in [0.2, 0.25) is 5.95 Å². The first-order valence-corrected chi connectivity index (χ1v) is 6.60. The highest BCUT2D eigenvalue weighted by atomic mass is 15.2. The Bertz CT molecular complexity index is 763. The fraction of sp³-hybridized carbons (Fsp3) is 0.214. The first-order valence-electron chi connectivity index (χ1n) is 6.60. The summed E-state index contributed by atoms with van der Waals surface area (Å²) in [6.45, 7) is 0. The van der Waals surface area contributed by atoms with Crippen molar-refractivity contribution < 1.29 is 0 Å². The summed E-state index contributed by atoms with van der Waals surface area (Å²) in [6, 6.07) is 8.12. The van der Waals surface area contributed by atoms with Crippen LogP contribution >= 0.6 is 0 Å². The van der Waals surface area contributed by atoms with Crippen molar-refractivity contribution in [1.82, 2.24) is 20.2 Å². The number of aromatic nitrogens is 4. The van der Waals surface area contributed by atoms with E-state index in [4.69, 9.17) is 0 Å². The van der Waals surface area contributed by atoms with Crippen LogP contribution in [0.4, 0.5) is 23.1 Å². The minimum atomic E-state index is 0.540. The maximum atomic E-state index is 4.45. The van der Waals surface area contributed by atoms with Crippen LogP contribution in [0.25, 0.3) is 11.0 Å². The van der Waals surface area contributed by atoms with Gasteiger partial charge < -0.3 is 15.5 Å². The molecule has 0 radical (unpaired) electrons. The van der Waals surface area contributed by atoms with E-state index in [1.165, 1.54) is 0 Å². The minimum absolute atomic E-state index is 0.540. The van der Waals surface area contributed by atoms with Crippen molar-refractivity contribution in [2.24, 2.45) is 0 Å². The van der Waals surface area contributed by atoms with Crippen molar-refractivity contribution in [3.05, 3.63) is 30.5 Å². The van der Waals surface area contributed by atoms with Gasteiger partial charge in [0.15, 0.2) is 5.65 Å². The number of fused-ring (bicyclic) bond motifs is 1. The van der Waals surface area contributed by atoms with Crippen LogP contribution < -0.4 is 15.5 Å². The molecule has 0 saturated carbocycles. The fourth-order valence-electron chi connectivity index (χ4n) is 2.04. The Hall–Kier alpha value is -2.83. The van der Waals surface area contributed by atoms with Crippen molar-refractivity contribution in [3.8, 4) is 0 Å². The van der Waals surface area contributed by atoms with Crippen LogP contribution in [0.1, 0.15) is 0 Å². The molecule has 7 heteroatoms. The third-order valence-electron chi connectivity index (χ3n) is 3.16. The molecule has 3 N–H and O–H groups in total. The zero-order valence-electron chi connectivity index (χ0n) is 12.2. The normalized spacial score (nSPS) is 10.6. The van der Waals surface area contributed by atoms with Crippen LogP contribution in [0.5, 0.6) is 0 Å². The Morgan fingerprint density at radius 2 is 2.05 bits per heavy atom. The number of rotatable bonds is 4. The van der Waals surface area contributed by atoms with Gasteiger partial charge >= 0.3 is 0 Å². The Kier molecular flexibility index (Phi) is 3.31. The van der Waals surface area contributed by atoms with E-state index in [0.717, 1.165) is 16.8 Å². The van der Waals surface area contributed by atoms with E-state index < -0.39 is 0 Å².